The molecule has 0 aliphatic rings. The van der Waals surface area contributed by atoms with E-state index in [1.54, 1.807) is 14.2 Å². The summed E-state index contributed by atoms with van der Waals surface area (Å²) in [5, 5.41) is 6.70. The Balaban J connectivity index is 1.53. The fourth-order valence-corrected chi connectivity index (χ4v) is 3.07. The lowest BCUT2D eigenvalue weighted by Crippen LogP contribution is -2.12. The molecule has 0 atom stereocenters. The largest absolute Gasteiger partial charge is 0.493 e. The van der Waals surface area contributed by atoms with Crippen molar-refractivity contribution >= 4 is 11.8 Å². The first-order valence-electron chi connectivity index (χ1n) is 9.76. The second-order valence-electron chi connectivity index (χ2n) is 6.75. The summed E-state index contributed by atoms with van der Waals surface area (Å²) in [6.07, 6.45) is 1.78. The maximum Gasteiger partial charge on any atom is 0.224 e. The molecule has 3 rings (SSSR count). The highest BCUT2D eigenvalue weighted by atomic mass is 16.5. The van der Waals surface area contributed by atoms with Crippen LogP contribution in [-0.4, -0.2) is 37.3 Å². The van der Waals surface area contributed by atoms with E-state index in [-0.39, 0.29) is 0 Å². The number of rotatable bonds is 10. The van der Waals surface area contributed by atoms with Gasteiger partial charge in [-0.1, -0.05) is 36.4 Å². The first-order valence-corrected chi connectivity index (χ1v) is 9.76. The Kier molecular flexibility index (Phi) is 7.28. The van der Waals surface area contributed by atoms with Crippen LogP contribution in [-0.2, 0) is 12.8 Å². The van der Waals surface area contributed by atoms with Crippen LogP contribution in [0.25, 0.3) is 0 Å². The van der Waals surface area contributed by atoms with E-state index in [2.05, 4.69) is 44.9 Å². The molecule has 6 heteroatoms. The van der Waals surface area contributed by atoms with Crippen molar-refractivity contribution < 1.29 is 9.47 Å². The van der Waals surface area contributed by atoms with Crippen molar-refractivity contribution in [3.63, 3.8) is 0 Å². The van der Waals surface area contributed by atoms with Gasteiger partial charge < -0.3 is 20.1 Å². The number of nitrogens with one attached hydrogen (secondary N) is 2. The Bertz CT molecular complexity index is 916. The Morgan fingerprint density at radius 1 is 0.759 bits per heavy atom. The van der Waals surface area contributed by atoms with Crippen LogP contribution in [0.2, 0.25) is 0 Å². The summed E-state index contributed by atoms with van der Waals surface area (Å²) >= 11 is 0. The molecule has 0 unspecified atom stereocenters. The molecule has 0 bridgehead atoms. The second-order valence-corrected chi connectivity index (χ2v) is 6.75. The monoisotopic (exact) mass is 392 g/mol. The maximum absolute atomic E-state index is 5.37. The van der Waals surface area contributed by atoms with E-state index in [1.165, 1.54) is 11.1 Å². The van der Waals surface area contributed by atoms with E-state index in [0.717, 1.165) is 48.9 Å². The summed E-state index contributed by atoms with van der Waals surface area (Å²) in [6.45, 7) is 3.53. The number of aromatic nitrogens is 2. The Morgan fingerprint density at radius 3 is 2.24 bits per heavy atom. The average Bonchev–Trinajstić information content (AvgIpc) is 2.74. The molecule has 2 N–H and O–H groups in total. The normalized spacial score (nSPS) is 10.4. The highest BCUT2D eigenvalue weighted by molar-refractivity contribution is 5.44. The molecular weight excluding hydrogens is 364 g/mol. The smallest absolute Gasteiger partial charge is 0.224 e. The molecule has 0 aliphatic carbocycles. The minimum Gasteiger partial charge on any atom is -0.493 e. The molecule has 0 fully saturated rings. The summed E-state index contributed by atoms with van der Waals surface area (Å²) in [7, 11) is 3.29. The molecule has 152 valence electrons. The van der Waals surface area contributed by atoms with Crippen molar-refractivity contribution in [1.82, 2.24) is 9.97 Å². The standard InChI is InChI=1S/C23H28N4O2/c1-17-15-22(24-13-12-19-9-10-20(28-2)21(16-19)29-3)27-23(26-17)25-14-11-18-7-5-4-6-8-18/h4-10,15-16H,11-14H2,1-3H3,(H2,24,25,26,27). The van der Waals surface area contributed by atoms with Gasteiger partial charge in [0.25, 0.3) is 0 Å². The number of nitrogens with zero attached hydrogens (tertiary/aromatic N) is 2. The number of anilines is 2. The molecule has 0 spiro atoms. The van der Waals surface area contributed by atoms with Gasteiger partial charge in [0.1, 0.15) is 5.82 Å². The van der Waals surface area contributed by atoms with Crippen molar-refractivity contribution in [3.05, 3.63) is 71.4 Å². The molecule has 6 nitrogen and oxygen atoms in total. The van der Waals surface area contributed by atoms with Crippen LogP contribution in [0.3, 0.4) is 0 Å². The van der Waals surface area contributed by atoms with Crippen LogP contribution >= 0.6 is 0 Å². The third-order valence-corrected chi connectivity index (χ3v) is 4.56. The first kappa shape index (κ1) is 20.5. The quantitative estimate of drug-likeness (QED) is 0.541. The van der Waals surface area contributed by atoms with Gasteiger partial charge >= 0.3 is 0 Å². The van der Waals surface area contributed by atoms with Crippen LogP contribution in [0.4, 0.5) is 11.8 Å². The Morgan fingerprint density at radius 2 is 1.48 bits per heavy atom. The van der Waals surface area contributed by atoms with Crippen LogP contribution < -0.4 is 20.1 Å². The van der Waals surface area contributed by atoms with Crippen LogP contribution in [0, 0.1) is 6.92 Å². The number of methoxy groups -OCH3 is 2. The van der Waals surface area contributed by atoms with Gasteiger partial charge in [-0.05, 0) is 43.0 Å². The number of ether oxygens (including phenoxy) is 2. The topological polar surface area (TPSA) is 68.3 Å². The van der Waals surface area contributed by atoms with E-state index < -0.39 is 0 Å². The third kappa shape index (κ3) is 6.10. The van der Waals surface area contributed by atoms with Gasteiger partial charge in [0, 0.05) is 24.8 Å². The second kappa shape index (κ2) is 10.3. The fourth-order valence-electron chi connectivity index (χ4n) is 3.07. The lowest BCUT2D eigenvalue weighted by molar-refractivity contribution is 0.354. The Hall–Kier alpha value is -3.28. The van der Waals surface area contributed by atoms with E-state index in [4.69, 9.17) is 9.47 Å². The minimum atomic E-state index is 0.648. The minimum absolute atomic E-state index is 0.648. The molecule has 0 saturated carbocycles. The molecular formula is C23H28N4O2. The lowest BCUT2D eigenvalue weighted by Gasteiger charge is -2.11. The SMILES string of the molecule is COc1ccc(CCNc2cc(C)nc(NCCc3ccccc3)n2)cc1OC. The van der Waals surface area contributed by atoms with Crippen molar-refractivity contribution in [2.75, 3.05) is 37.9 Å². The summed E-state index contributed by atoms with van der Waals surface area (Å²) < 4.78 is 10.7. The zero-order valence-electron chi connectivity index (χ0n) is 17.2. The molecule has 1 heterocycles. The highest BCUT2D eigenvalue weighted by Gasteiger charge is 2.06. The van der Waals surface area contributed by atoms with Crippen LogP contribution in [0.15, 0.2) is 54.6 Å². The van der Waals surface area contributed by atoms with E-state index >= 15 is 0 Å². The molecule has 0 aliphatic heterocycles. The van der Waals surface area contributed by atoms with Gasteiger partial charge in [-0.25, -0.2) is 4.98 Å². The lowest BCUT2D eigenvalue weighted by atomic mass is 10.1. The molecule has 0 radical (unpaired) electrons. The highest BCUT2D eigenvalue weighted by Crippen LogP contribution is 2.27. The number of aryl methyl sites for hydroxylation is 1. The average molecular weight is 393 g/mol. The summed E-state index contributed by atoms with van der Waals surface area (Å²) in [6, 6.07) is 18.3. The molecule has 0 saturated heterocycles. The molecule has 0 amide bonds. The van der Waals surface area contributed by atoms with Gasteiger partial charge in [-0.2, -0.15) is 4.98 Å². The third-order valence-electron chi connectivity index (χ3n) is 4.56. The summed E-state index contributed by atoms with van der Waals surface area (Å²) in [5.41, 5.74) is 3.39. The van der Waals surface area contributed by atoms with Gasteiger partial charge in [-0.15, -0.1) is 0 Å². The molecule has 1 aromatic heterocycles. The number of hydrogen-bond donors (Lipinski definition) is 2. The van der Waals surface area contributed by atoms with Crippen molar-refractivity contribution in [2.45, 2.75) is 19.8 Å². The zero-order valence-corrected chi connectivity index (χ0v) is 17.2. The van der Waals surface area contributed by atoms with E-state index in [1.807, 2.05) is 37.3 Å². The van der Waals surface area contributed by atoms with Crippen molar-refractivity contribution in [3.8, 4) is 11.5 Å². The van der Waals surface area contributed by atoms with E-state index in [0.29, 0.717) is 5.95 Å². The predicted octanol–water partition coefficient (Wildman–Crippen LogP) is 4.11. The van der Waals surface area contributed by atoms with Gasteiger partial charge in [-0.3, -0.25) is 0 Å². The number of hydrogen-bond acceptors (Lipinski definition) is 6. The van der Waals surface area contributed by atoms with Gasteiger partial charge in [0.15, 0.2) is 11.5 Å². The van der Waals surface area contributed by atoms with Gasteiger partial charge in [0.05, 0.1) is 14.2 Å². The first-order chi connectivity index (χ1) is 14.2. The summed E-state index contributed by atoms with van der Waals surface area (Å²) in [5.74, 6) is 2.95. The van der Waals surface area contributed by atoms with Crippen LogP contribution in [0.5, 0.6) is 11.5 Å². The van der Waals surface area contributed by atoms with Crippen LogP contribution in [0.1, 0.15) is 16.8 Å². The van der Waals surface area contributed by atoms with Gasteiger partial charge in [0.2, 0.25) is 5.95 Å². The predicted molar refractivity (Wildman–Crippen MR) is 117 cm³/mol. The molecule has 29 heavy (non-hydrogen) atoms. The fraction of sp³-hybridized carbons (Fsp3) is 0.304. The van der Waals surface area contributed by atoms with Crippen molar-refractivity contribution in [1.29, 1.82) is 0 Å². The molecule has 3 aromatic rings. The van der Waals surface area contributed by atoms with E-state index in [9.17, 15) is 0 Å². The Labute approximate surface area is 172 Å². The van der Waals surface area contributed by atoms with Crippen molar-refractivity contribution in [2.24, 2.45) is 0 Å². The molecule has 2 aromatic carbocycles. The number of benzene rings is 2. The zero-order chi connectivity index (χ0) is 20.5. The maximum atomic E-state index is 5.37. The summed E-state index contributed by atoms with van der Waals surface area (Å²) in [4.78, 5) is 9.06.